The molecule has 1 aromatic heterocycles. The lowest BCUT2D eigenvalue weighted by Crippen LogP contribution is -2.33. The number of nitrogens with zero attached hydrogens (tertiary/aromatic N) is 3. The highest BCUT2D eigenvalue weighted by molar-refractivity contribution is 5.62. The van der Waals surface area contributed by atoms with Crippen molar-refractivity contribution in [2.45, 2.75) is 37.5 Å². The van der Waals surface area contributed by atoms with Gasteiger partial charge in [0.25, 0.3) is 0 Å². The molecule has 1 unspecified atom stereocenters. The van der Waals surface area contributed by atoms with Crippen molar-refractivity contribution in [3.05, 3.63) is 47.4 Å². The first-order chi connectivity index (χ1) is 11.2. The molecule has 1 spiro atoms. The Morgan fingerprint density at radius 1 is 1.22 bits per heavy atom. The van der Waals surface area contributed by atoms with Gasteiger partial charge >= 0.3 is 0 Å². The monoisotopic (exact) mass is 306 g/mol. The third-order valence-corrected chi connectivity index (χ3v) is 5.59. The zero-order chi connectivity index (χ0) is 15.4. The lowest BCUT2D eigenvalue weighted by molar-refractivity contribution is 0.528. The van der Waals surface area contributed by atoms with Gasteiger partial charge in [-0.25, -0.2) is 9.97 Å². The molecule has 118 valence electrons. The number of benzene rings is 1. The smallest absolute Gasteiger partial charge is 0.134 e. The lowest BCUT2D eigenvalue weighted by Gasteiger charge is -2.25. The van der Waals surface area contributed by atoms with Crippen molar-refractivity contribution in [2.24, 2.45) is 0 Å². The lowest BCUT2D eigenvalue weighted by atomic mass is 9.82. The molecule has 1 aliphatic carbocycles. The number of para-hydroxylation sites is 1. The summed E-state index contributed by atoms with van der Waals surface area (Å²) in [5, 5.41) is 3.60. The number of aromatic nitrogens is 2. The van der Waals surface area contributed by atoms with Gasteiger partial charge in [-0.05, 0) is 37.8 Å². The van der Waals surface area contributed by atoms with Crippen LogP contribution in [-0.2, 0) is 5.41 Å². The van der Waals surface area contributed by atoms with Crippen molar-refractivity contribution in [3.8, 4) is 0 Å². The maximum atomic E-state index is 4.88. The molecule has 0 amide bonds. The van der Waals surface area contributed by atoms with Crippen LogP contribution in [0, 0.1) is 6.92 Å². The highest BCUT2D eigenvalue weighted by Crippen LogP contribution is 2.44. The Bertz CT molecular complexity index is 768. The average molecular weight is 306 g/mol. The molecular weight excluding hydrogens is 284 g/mol. The molecule has 2 fully saturated rings. The van der Waals surface area contributed by atoms with E-state index in [1.54, 1.807) is 0 Å². The summed E-state index contributed by atoms with van der Waals surface area (Å²) in [5.41, 5.74) is 4.14. The number of hydrogen-bond acceptors (Lipinski definition) is 4. The van der Waals surface area contributed by atoms with Gasteiger partial charge in [0, 0.05) is 48.4 Å². The van der Waals surface area contributed by atoms with Gasteiger partial charge in [-0.15, -0.1) is 0 Å². The Balaban J connectivity index is 1.47. The summed E-state index contributed by atoms with van der Waals surface area (Å²) in [6.45, 7) is 5.27. The summed E-state index contributed by atoms with van der Waals surface area (Å²) in [5.74, 6) is 2.80. The van der Waals surface area contributed by atoms with Gasteiger partial charge in [0.05, 0.1) is 0 Å². The predicted octanol–water partition coefficient (Wildman–Crippen LogP) is 3.24. The molecule has 1 atom stereocenters. The van der Waals surface area contributed by atoms with Crippen LogP contribution in [0.5, 0.6) is 0 Å². The number of anilines is 2. The second-order valence-corrected chi connectivity index (χ2v) is 7.35. The molecule has 0 radical (unpaired) electrons. The number of hydrogen-bond donors (Lipinski definition) is 1. The van der Waals surface area contributed by atoms with Crippen LogP contribution in [0.25, 0.3) is 0 Å². The van der Waals surface area contributed by atoms with E-state index in [0.717, 1.165) is 37.0 Å². The van der Waals surface area contributed by atoms with Gasteiger partial charge in [0.2, 0.25) is 0 Å². The molecular formula is C19H22N4. The van der Waals surface area contributed by atoms with E-state index in [-0.39, 0.29) is 5.41 Å². The summed E-state index contributed by atoms with van der Waals surface area (Å²) in [6.07, 6.45) is 3.70. The molecule has 23 heavy (non-hydrogen) atoms. The molecule has 4 heteroatoms. The van der Waals surface area contributed by atoms with E-state index in [0.29, 0.717) is 5.92 Å². The van der Waals surface area contributed by atoms with E-state index in [1.165, 1.54) is 30.5 Å². The van der Waals surface area contributed by atoms with Gasteiger partial charge < -0.3 is 10.2 Å². The first-order valence-corrected chi connectivity index (χ1v) is 8.67. The fourth-order valence-corrected chi connectivity index (χ4v) is 4.15. The quantitative estimate of drug-likeness (QED) is 0.925. The van der Waals surface area contributed by atoms with Crippen LogP contribution in [0.15, 0.2) is 30.3 Å². The van der Waals surface area contributed by atoms with Crippen molar-refractivity contribution in [2.75, 3.05) is 29.9 Å². The van der Waals surface area contributed by atoms with Crippen molar-refractivity contribution < 1.29 is 0 Å². The van der Waals surface area contributed by atoms with E-state index in [4.69, 9.17) is 4.98 Å². The summed E-state index contributed by atoms with van der Waals surface area (Å²) in [7, 11) is 0. The normalized spacial score (nSPS) is 25.7. The zero-order valence-corrected chi connectivity index (χ0v) is 13.5. The summed E-state index contributed by atoms with van der Waals surface area (Å²) in [4.78, 5) is 12.0. The maximum Gasteiger partial charge on any atom is 0.134 e. The zero-order valence-electron chi connectivity index (χ0n) is 13.5. The van der Waals surface area contributed by atoms with E-state index in [1.807, 2.05) is 0 Å². The second-order valence-electron chi connectivity index (χ2n) is 7.35. The third kappa shape index (κ3) is 2.12. The van der Waals surface area contributed by atoms with Gasteiger partial charge in [-0.1, -0.05) is 18.2 Å². The highest BCUT2D eigenvalue weighted by atomic mass is 15.2. The molecule has 3 aliphatic rings. The Labute approximate surface area is 137 Å². The van der Waals surface area contributed by atoms with Gasteiger partial charge in [0.1, 0.15) is 11.6 Å². The van der Waals surface area contributed by atoms with Crippen LogP contribution < -0.4 is 10.2 Å². The van der Waals surface area contributed by atoms with Gasteiger partial charge in [-0.3, -0.25) is 0 Å². The van der Waals surface area contributed by atoms with Crippen molar-refractivity contribution in [3.63, 3.8) is 0 Å². The Morgan fingerprint density at radius 2 is 2.09 bits per heavy atom. The van der Waals surface area contributed by atoms with Gasteiger partial charge in [-0.2, -0.15) is 0 Å². The first-order valence-electron chi connectivity index (χ1n) is 8.67. The van der Waals surface area contributed by atoms with E-state index in [9.17, 15) is 0 Å². The van der Waals surface area contributed by atoms with Crippen molar-refractivity contribution >= 4 is 11.5 Å². The Morgan fingerprint density at radius 3 is 2.96 bits per heavy atom. The molecule has 0 bridgehead atoms. The highest BCUT2D eigenvalue weighted by Gasteiger charge is 2.44. The SMILES string of the molecule is Cc1cc(N2CCC3(CNc4ccccc43)C2)nc(C2CC2)n1. The van der Waals surface area contributed by atoms with Crippen LogP contribution in [0.2, 0.25) is 0 Å². The molecule has 1 aromatic carbocycles. The first kappa shape index (κ1) is 13.3. The number of nitrogens with one attached hydrogen (secondary N) is 1. The predicted molar refractivity (Wildman–Crippen MR) is 92.2 cm³/mol. The Hall–Kier alpha value is -2.10. The number of rotatable bonds is 2. The average Bonchev–Trinajstić information content (AvgIpc) is 3.24. The fourth-order valence-electron chi connectivity index (χ4n) is 4.15. The van der Waals surface area contributed by atoms with Gasteiger partial charge in [0.15, 0.2) is 0 Å². The van der Waals surface area contributed by atoms with E-state index >= 15 is 0 Å². The number of aryl methyl sites for hydroxylation is 1. The molecule has 2 aromatic rings. The van der Waals surface area contributed by atoms with Crippen LogP contribution in [0.3, 0.4) is 0 Å². The fraction of sp³-hybridized carbons (Fsp3) is 0.474. The molecule has 2 aliphatic heterocycles. The third-order valence-electron chi connectivity index (χ3n) is 5.59. The minimum atomic E-state index is 0.245. The minimum Gasteiger partial charge on any atom is -0.384 e. The van der Waals surface area contributed by atoms with Crippen LogP contribution in [0.4, 0.5) is 11.5 Å². The second kappa shape index (κ2) is 4.70. The number of fused-ring (bicyclic) bond motifs is 2. The van der Waals surface area contributed by atoms with Crippen LogP contribution in [0.1, 0.15) is 42.3 Å². The van der Waals surface area contributed by atoms with Crippen molar-refractivity contribution in [1.29, 1.82) is 0 Å². The van der Waals surface area contributed by atoms with Crippen molar-refractivity contribution in [1.82, 2.24) is 9.97 Å². The van der Waals surface area contributed by atoms with E-state index in [2.05, 4.69) is 52.5 Å². The summed E-state index contributed by atoms with van der Waals surface area (Å²) in [6, 6.07) is 10.9. The molecule has 4 nitrogen and oxygen atoms in total. The van der Waals surface area contributed by atoms with E-state index < -0.39 is 0 Å². The van der Waals surface area contributed by atoms with Crippen LogP contribution in [-0.4, -0.2) is 29.6 Å². The molecule has 5 rings (SSSR count). The van der Waals surface area contributed by atoms with Crippen LogP contribution >= 0.6 is 0 Å². The largest absolute Gasteiger partial charge is 0.384 e. The standard InChI is InChI=1S/C19H22N4/c1-13-10-17(22-18(21-13)14-6-7-14)23-9-8-19(12-23)11-20-16-5-3-2-4-15(16)19/h2-5,10,14,20H,6-9,11-12H2,1H3. The molecule has 1 saturated carbocycles. The molecule has 3 heterocycles. The topological polar surface area (TPSA) is 41.0 Å². The Kier molecular flexibility index (Phi) is 2.73. The summed E-state index contributed by atoms with van der Waals surface area (Å²) < 4.78 is 0. The maximum absolute atomic E-state index is 4.88. The molecule has 1 saturated heterocycles. The molecule has 1 N–H and O–H groups in total. The minimum absolute atomic E-state index is 0.245. The summed E-state index contributed by atoms with van der Waals surface area (Å²) >= 11 is 0.